The summed E-state index contributed by atoms with van der Waals surface area (Å²) in [7, 11) is 3.34. The number of ether oxygens (including phenoxy) is 1. The summed E-state index contributed by atoms with van der Waals surface area (Å²) < 4.78 is 6.44. The molecule has 1 fully saturated rings. The van der Waals surface area contributed by atoms with E-state index in [4.69, 9.17) is 4.74 Å². The van der Waals surface area contributed by atoms with Gasteiger partial charge in [0.05, 0.1) is 24.4 Å². The summed E-state index contributed by atoms with van der Waals surface area (Å²) in [6, 6.07) is 7.17. The van der Waals surface area contributed by atoms with Crippen LogP contribution in [0, 0.1) is 0 Å². The van der Waals surface area contributed by atoms with Gasteiger partial charge in [-0.25, -0.2) is 9.97 Å². The second-order valence-electron chi connectivity index (χ2n) is 6.43. The fourth-order valence-electron chi connectivity index (χ4n) is 2.87. The molecule has 0 bridgehead atoms. The second kappa shape index (κ2) is 6.71. The van der Waals surface area contributed by atoms with Gasteiger partial charge in [-0.1, -0.05) is 0 Å². The number of aromatic nitrogens is 4. The van der Waals surface area contributed by atoms with Crippen LogP contribution in [0.25, 0.3) is 16.9 Å². The molecule has 138 valence electrons. The van der Waals surface area contributed by atoms with Gasteiger partial charge in [-0.2, -0.15) is 9.78 Å². The van der Waals surface area contributed by atoms with Crippen LogP contribution in [0.5, 0.6) is 11.8 Å². The summed E-state index contributed by atoms with van der Waals surface area (Å²) in [4.78, 5) is 22.5. The van der Waals surface area contributed by atoms with Crippen LogP contribution in [-0.2, 0) is 0 Å². The Morgan fingerprint density at radius 1 is 1.26 bits per heavy atom. The van der Waals surface area contributed by atoms with E-state index in [1.807, 2.05) is 7.05 Å². The van der Waals surface area contributed by atoms with E-state index >= 15 is 0 Å². The Kier molecular flexibility index (Phi) is 4.23. The number of aromatic hydroxyl groups is 1. The Morgan fingerprint density at radius 2 is 2.07 bits per heavy atom. The molecule has 8 heteroatoms. The van der Waals surface area contributed by atoms with E-state index in [1.165, 1.54) is 18.0 Å². The maximum atomic E-state index is 12.4. The van der Waals surface area contributed by atoms with Gasteiger partial charge in [0.15, 0.2) is 5.82 Å². The lowest BCUT2D eigenvalue weighted by Crippen LogP contribution is -2.28. The van der Waals surface area contributed by atoms with Crippen LogP contribution in [0.1, 0.15) is 23.2 Å². The average molecular weight is 365 g/mol. The van der Waals surface area contributed by atoms with Crippen molar-refractivity contribution < 1.29 is 14.6 Å². The zero-order valence-electron chi connectivity index (χ0n) is 15.0. The number of carbonyl (C=O) groups excluding carboxylic acids is 1. The number of rotatable bonds is 5. The minimum atomic E-state index is -0.0510. The minimum absolute atomic E-state index is 0.0502. The molecule has 1 N–H and O–H groups in total. The van der Waals surface area contributed by atoms with E-state index in [9.17, 15) is 9.90 Å². The molecule has 8 nitrogen and oxygen atoms in total. The summed E-state index contributed by atoms with van der Waals surface area (Å²) in [6.07, 6.45) is 6.76. The van der Waals surface area contributed by atoms with E-state index < -0.39 is 0 Å². The van der Waals surface area contributed by atoms with Gasteiger partial charge < -0.3 is 14.7 Å². The van der Waals surface area contributed by atoms with Gasteiger partial charge in [-0.15, -0.1) is 0 Å². The summed E-state index contributed by atoms with van der Waals surface area (Å²) in [6.45, 7) is 0. The predicted molar refractivity (Wildman–Crippen MR) is 97.9 cm³/mol. The number of hydrogen-bond donors (Lipinski definition) is 1. The van der Waals surface area contributed by atoms with Gasteiger partial charge in [0.2, 0.25) is 11.8 Å². The van der Waals surface area contributed by atoms with Gasteiger partial charge in [-0.05, 0) is 36.6 Å². The lowest BCUT2D eigenvalue weighted by molar-refractivity contribution is 0.0784. The quantitative estimate of drug-likeness (QED) is 0.746. The topological polar surface area (TPSA) is 93.4 Å². The molecule has 27 heavy (non-hydrogen) atoms. The second-order valence-corrected chi connectivity index (χ2v) is 6.43. The van der Waals surface area contributed by atoms with Crippen LogP contribution in [0.4, 0.5) is 0 Å². The molecule has 0 spiro atoms. The Hall–Kier alpha value is -3.42. The minimum Gasteiger partial charge on any atom is -0.493 e. The zero-order chi connectivity index (χ0) is 19.0. The zero-order valence-corrected chi connectivity index (χ0v) is 15.0. The van der Waals surface area contributed by atoms with E-state index in [0.29, 0.717) is 28.9 Å². The Balaban J connectivity index is 1.60. The van der Waals surface area contributed by atoms with Crippen LogP contribution >= 0.6 is 0 Å². The van der Waals surface area contributed by atoms with E-state index in [0.717, 1.165) is 18.4 Å². The third kappa shape index (κ3) is 3.21. The van der Waals surface area contributed by atoms with Gasteiger partial charge in [0.1, 0.15) is 0 Å². The van der Waals surface area contributed by atoms with Gasteiger partial charge in [0, 0.05) is 31.5 Å². The highest BCUT2D eigenvalue weighted by Gasteiger charge is 2.30. The van der Waals surface area contributed by atoms with Crippen molar-refractivity contribution in [2.24, 2.45) is 0 Å². The molecular formula is C19H19N5O3. The normalized spacial score (nSPS) is 13.4. The van der Waals surface area contributed by atoms with Gasteiger partial charge >= 0.3 is 0 Å². The van der Waals surface area contributed by atoms with Crippen molar-refractivity contribution in [1.29, 1.82) is 0 Å². The lowest BCUT2D eigenvalue weighted by atomic mass is 10.1. The number of pyridine rings is 2. The van der Waals surface area contributed by atoms with E-state index in [1.54, 1.807) is 41.6 Å². The van der Waals surface area contributed by atoms with Gasteiger partial charge in [-0.3, -0.25) is 4.79 Å². The molecule has 4 rings (SSSR count). The highest BCUT2D eigenvalue weighted by Crippen LogP contribution is 2.32. The average Bonchev–Trinajstić information content (AvgIpc) is 3.49. The smallest absolute Gasteiger partial charge is 0.255 e. The van der Waals surface area contributed by atoms with Crippen LogP contribution in [0.15, 0.2) is 42.9 Å². The molecule has 0 aromatic carbocycles. The lowest BCUT2D eigenvalue weighted by Gasteiger charge is -2.16. The summed E-state index contributed by atoms with van der Waals surface area (Å²) in [5.41, 5.74) is 1.77. The molecule has 3 heterocycles. The van der Waals surface area contributed by atoms with Crippen molar-refractivity contribution in [3.63, 3.8) is 0 Å². The summed E-state index contributed by atoms with van der Waals surface area (Å²) in [5.74, 6) is 0.765. The molecule has 0 unspecified atom stereocenters. The SMILES string of the molecule is COc1cc(-c2cnn(-c3ccc(C(=O)N(C)C4CC4)cn3)c2O)ccn1. The molecule has 0 atom stereocenters. The first-order valence-corrected chi connectivity index (χ1v) is 8.59. The highest BCUT2D eigenvalue weighted by molar-refractivity contribution is 5.94. The van der Waals surface area contributed by atoms with E-state index in [-0.39, 0.29) is 11.8 Å². The molecule has 0 radical (unpaired) electrons. The Morgan fingerprint density at radius 3 is 2.74 bits per heavy atom. The molecule has 1 amide bonds. The van der Waals surface area contributed by atoms with Crippen LogP contribution in [0.3, 0.4) is 0 Å². The van der Waals surface area contributed by atoms with Crippen molar-refractivity contribution in [3.05, 3.63) is 48.4 Å². The number of amides is 1. The van der Waals surface area contributed by atoms with Crippen molar-refractivity contribution >= 4 is 5.91 Å². The van der Waals surface area contributed by atoms with Crippen molar-refractivity contribution in [1.82, 2.24) is 24.6 Å². The maximum absolute atomic E-state index is 12.4. The number of nitrogens with zero attached hydrogens (tertiary/aromatic N) is 5. The Labute approximate surface area is 156 Å². The first kappa shape index (κ1) is 17.0. The van der Waals surface area contributed by atoms with Crippen LogP contribution < -0.4 is 4.74 Å². The van der Waals surface area contributed by atoms with Crippen LogP contribution in [0.2, 0.25) is 0 Å². The Bertz CT molecular complexity index is 979. The predicted octanol–water partition coefficient (Wildman–Crippen LogP) is 2.28. The molecule has 0 aliphatic heterocycles. The number of methoxy groups -OCH3 is 1. The summed E-state index contributed by atoms with van der Waals surface area (Å²) >= 11 is 0. The van der Waals surface area contributed by atoms with Crippen molar-refractivity contribution in [2.45, 2.75) is 18.9 Å². The first-order chi connectivity index (χ1) is 13.1. The van der Waals surface area contributed by atoms with Crippen molar-refractivity contribution in [2.75, 3.05) is 14.2 Å². The highest BCUT2D eigenvalue weighted by atomic mass is 16.5. The standard InChI is InChI=1S/C19H19N5O3/c1-23(14-4-5-14)18(25)13-3-6-16(21-10-13)24-19(26)15(11-22-24)12-7-8-20-17(9-12)27-2/h3,6-11,14,26H,4-5H2,1-2H3. The molecule has 0 saturated heterocycles. The maximum Gasteiger partial charge on any atom is 0.255 e. The number of carbonyl (C=O) groups is 1. The molecular weight excluding hydrogens is 346 g/mol. The molecule has 1 aliphatic carbocycles. The third-order valence-electron chi connectivity index (χ3n) is 4.63. The van der Waals surface area contributed by atoms with Crippen molar-refractivity contribution in [3.8, 4) is 28.7 Å². The van der Waals surface area contributed by atoms with Gasteiger partial charge in [0.25, 0.3) is 5.91 Å². The van der Waals surface area contributed by atoms with E-state index in [2.05, 4.69) is 15.1 Å². The molecule has 3 aromatic heterocycles. The van der Waals surface area contributed by atoms with Crippen LogP contribution in [-0.4, -0.2) is 55.9 Å². The molecule has 3 aromatic rings. The number of hydrogen-bond acceptors (Lipinski definition) is 6. The molecule has 1 aliphatic rings. The molecule has 1 saturated carbocycles. The first-order valence-electron chi connectivity index (χ1n) is 8.59. The fourth-order valence-corrected chi connectivity index (χ4v) is 2.87. The monoisotopic (exact) mass is 365 g/mol. The third-order valence-corrected chi connectivity index (χ3v) is 4.63. The summed E-state index contributed by atoms with van der Waals surface area (Å²) in [5, 5.41) is 14.8. The largest absolute Gasteiger partial charge is 0.493 e. The fraction of sp³-hybridized carbons (Fsp3) is 0.263.